The standard InChI is InChI=1S/C25H20N4O2/c30-24-21-14-19-18-8-4-5-9-20(18)27-22(19)23(17-6-2-1-3-7-17)29(21)25(31)28(24)15-16-10-12-26-13-11-16/h1-13,23,27,30H,14-15H2/t23-/m0/s1. The van der Waals surface area contributed by atoms with Crippen molar-refractivity contribution in [3.63, 3.8) is 0 Å². The predicted molar refractivity (Wildman–Crippen MR) is 118 cm³/mol. The Balaban J connectivity index is 1.60. The maximum Gasteiger partial charge on any atom is 0.332 e. The summed E-state index contributed by atoms with van der Waals surface area (Å²) in [6.45, 7) is 0.295. The van der Waals surface area contributed by atoms with Crippen LogP contribution in [0, 0.1) is 0 Å². The van der Waals surface area contributed by atoms with Crippen LogP contribution in [0.2, 0.25) is 0 Å². The molecule has 3 aromatic heterocycles. The molecule has 4 heterocycles. The number of fused-ring (bicyclic) bond motifs is 4. The zero-order chi connectivity index (χ0) is 20.9. The quantitative estimate of drug-likeness (QED) is 0.467. The molecule has 1 aliphatic rings. The highest BCUT2D eigenvalue weighted by Crippen LogP contribution is 2.40. The Labute approximate surface area is 178 Å². The topological polar surface area (TPSA) is 75.8 Å². The molecule has 6 rings (SSSR count). The van der Waals surface area contributed by atoms with Crippen LogP contribution < -0.4 is 5.69 Å². The number of aromatic amines is 1. The Morgan fingerprint density at radius 1 is 1.00 bits per heavy atom. The number of aromatic nitrogens is 4. The van der Waals surface area contributed by atoms with Crippen molar-refractivity contribution in [2.45, 2.75) is 19.0 Å². The lowest BCUT2D eigenvalue weighted by molar-refractivity contribution is 0.416. The number of aromatic hydroxyl groups is 1. The van der Waals surface area contributed by atoms with E-state index in [9.17, 15) is 9.90 Å². The van der Waals surface area contributed by atoms with E-state index in [1.165, 1.54) is 4.57 Å². The molecule has 5 aromatic rings. The third kappa shape index (κ3) is 2.65. The van der Waals surface area contributed by atoms with Crippen molar-refractivity contribution in [1.29, 1.82) is 0 Å². The Hall–Kier alpha value is -4.06. The van der Waals surface area contributed by atoms with Crippen molar-refractivity contribution in [3.05, 3.63) is 118 Å². The number of hydrogen-bond acceptors (Lipinski definition) is 3. The summed E-state index contributed by atoms with van der Waals surface area (Å²) >= 11 is 0. The van der Waals surface area contributed by atoms with Gasteiger partial charge in [0, 0.05) is 35.4 Å². The minimum absolute atomic E-state index is 0.0266. The van der Waals surface area contributed by atoms with Crippen LogP contribution in [0.3, 0.4) is 0 Å². The first-order valence-electron chi connectivity index (χ1n) is 10.3. The highest BCUT2D eigenvalue weighted by molar-refractivity contribution is 5.86. The van der Waals surface area contributed by atoms with E-state index in [1.807, 2.05) is 60.7 Å². The second-order valence-electron chi connectivity index (χ2n) is 7.92. The van der Waals surface area contributed by atoms with Crippen LogP contribution in [0.15, 0.2) is 83.9 Å². The summed E-state index contributed by atoms with van der Waals surface area (Å²) in [6.07, 6.45) is 3.88. The minimum atomic E-state index is -0.329. The lowest BCUT2D eigenvalue weighted by atomic mass is 9.93. The molecule has 0 unspecified atom stereocenters. The van der Waals surface area contributed by atoms with Crippen molar-refractivity contribution < 1.29 is 5.11 Å². The van der Waals surface area contributed by atoms with Gasteiger partial charge in [0.2, 0.25) is 5.88 Å². The zero-order valence-electron chi connectivity index (χ0n) is 16.7. The second kappa shape index (κ2) is 6.74. The van der Waals surface area contributed by atoms with Crippen LogP contribution >= 0.6 is 0 Å². The van der Waals surface area contributed by atoms with Crippen LogP contribution in [0.4, 0.5) is 0 Å². The summed E-state index contributed by atoms with van der Waals surface area (Å²) < 4.78 is 3.19. The second-order valence-corrected chi connectivity index (χ2v) is 7.92. The first kappa shape index (κ1) is 17.8. The number of rotatable bonds is 3. The molecule has 0 saturated carbocycles. The third-order valence-electron chi connectivity index (χ3n) is 6.17. The molecule has 1 aliphatic heterocycles. The molecule has 2 N–H and O–H groups in total. The van der Waals surface area contributed by atoms with E-state index in [0.717, 1.165) is 33.3 Å². The zero-order valence-corrected chi connectivity index (χ0v) is 16.7. The van der Waals surface area contributed by atoms with Gasteiger partial charge in [0.25, 0.3) is 0 Å². The van der Waals surface area contributed by atoms with Crippen molar-refractivity contribution in [3.8, 4) is 5.88 Å². The van der Waals surface area contributed by atoms with Crippen molar-refractivity contribution in [2.24, 2.45) is 0 Å². The highest BCUT2D eigenvalue weighted by Gasteiger charge is 2.35. The maximum absolute atomic E-state index is 13.6. The predicted octanol–water partition coefficient (Wildman–Crippen LogP) is 3.82. The Morgan fingerprint density at radius 2 is 1.74 bits per heavy atom. The molecule has 0 amide bonds. The van der Waals surface area contributed by atoms with Crippen molar-refractivity contribution in [1.82, 2.24) is 19.1 Å². The molecule has 0 bridgehead atoms. The number of pyridine rings is 1. The number of imidazole rings is 1. The summed E-state index contributed by atoms with van der Waals surface area (Å²) in [5, 5.41) is 12.3. The number of hydrogen-bond donors (Lipinski definition) is 2. The van der Waals surface area contributed by atoms with E-state index >= 15 is 0 Å². The van der Waals surface area contributed by atoms with Crippen LogP contribution in [0.5, 0.6) is 5.88 Å². The molecule has 0 spiro atoms. The maximum atomic E-state index is 13.6. The Morgan fingerprint density at radius 3 is 2.55 bits per heavy atom. The van der Waals surface area contributed by atoms with E-state index in [1.54, 1.807) is 17.0 Å². The number of nitrogens with one attached hydrogen (secondary N) is 1. The van der Waals surface area contributed by atoms with Crippen LogP contribution in [-0.2, 0) is 13.0 Å². The van der Waals surface area contributed by atoms with Gasteiger partial charge in [-0.05, 0) is 34.9 Å². The average molecular weight is 408 g/mol. The van der Waals surface area contributed by atoms with Crippen molar-refractivity contribution >= 4 is 10.9 Å². The van der Waals surface area contributed by atoms with E-state index in [2.05, 4.69) is 16.0 Å². The molecule has 0 saturated heterocycles. The summed E-state index contributed by atoms with van der Waals surface area (Å²) in [7, 11) is 0. The molecule has 0 radical (unpaired) electrons. The first-order valence-corrected chi connectivity index (χ1v) is 10.3. The number of para-hydroxylation sites is 1. The summed E-state index contributed by atoms with van der Waals surface area (Å²) in [6, 6.07) is 21.5. The minimum Gasteiger partial charge on any atom is -0.493 e. The Kier molecular flexibility index (Phi) is 3.86. The molecular weight excluding hydrogens is 388 g/mol. The van der Waals surface area contributed by atoms with Gasteiger partial charge in [-0.25, -0.2) is 4.79 Å². The van der Waals surface area contributed by atoms with E-state index in [-0.39, 0.29) is 17.6 Å². The van der Waals surface area contributed by atoms with E-state index < -0.39 is 0 Å². The largest absolute Gasteiger partial charge is 0.493 e. The van der Waals surface area contributed by atoms with Gasteiger partial charge >= 0.3 is 5.69 Å². The summed E-state index contributed by atoms with van der Waals surface area (Å²) in [5.41, 5.74) is 5.50. The number of benzene rings is 2. The van der Waals surface area contributed by atoms with Crippen LogP contribution in [0.1, 0.15) is 34.1 Å². The summed E-state index contributed by atoms with van der Waals surface area (Å²) in [4.78, 5) is 21.2. The van der Waals surface area contributed by atoms with Gasteiger partial charge in [-0.15, -0.1) is 0 Å². The lowest BCUT2D eigenvalue weighted by Gasteiger charge is -2.25. The fourth-order valence-electron chi connectivity index (χ4n) is 4.74. The number of H-pyrrole nitrogens is 1. The summed E-state index contributed by atoms with van der Waals surface area (Å²) in [5.74, 6) is 0.0266. The first-order chi connectivity index (χ1) is 15.2. The molecule has 0 aliphatic carbocycles. The fraction of sp³-hybridized carbons (Fsp3) is 0.120. The normalized spacial score (nSPS) is 15.0. The fourth-order valence-corrected chi connectivity index (χ4v) is 4.74. The average Bonchev–Trinajstić information content (AvgIpc) is 3.30. The molecule has 6 heteroatoms. The number of nitrogens with zero attached hydrogens (tertiary/aromatic N) is 3. The van der Waals surface area contributed by atoms with Gasteiger partial charge in [0.1, 0.15) is 6.04 Å². The van der Waals surface area contributed by atoms with Crippen molar-refractivity contribution in [2.75, 3.05) is 0 Å². The molecule has 0 fully saturated rings. The Bertz CT molecular complexity index is 1460. The molecule has 31 heavy (non-hydrogen) atoms. The lowest BCUT2D eigenvalue weighted by Crippen LogP contribution is -2.32. The molecule has 2 aromatic carbocycles. The van der Waals surface area contributed by atoms with Gasteiger partial charge in [-0.3, -0.25) is 14.1 Å². The highest BCUT2D eigenvalue weighted by atomic mass is 16.3. The molecule has 152 valence electrons. The van der Waals surface area contributed by atoms with E-state index in [0.29, 0.717) is 18.7 Å². The third-order valence-corrected chi connectivity index (χ3v) is 6.17. The monoisotopic (exact) mass is 408 g/mol. The molecule has 1 atom stereocenters. The SMILES string of the molecule is O=c1n(Cc2ccncc2)c(O)c2n1[C@@H](c1ccccc1)c1[nH]c3ccccc3c1C2. The smallest absolute Gasteiger partial charge is 0.332 e. The molecular formula is C25H20N4O2. The van der Waals surface area contributed by atoms with Crippen LogP contribution in [0.25, 0.3) is 10.9 Å². The van der Waals surface area contributed by atoms with Gasteiger partial charge in [0.05, 0.1) is 12.2 Å². The van der Waals surface area contributed by atoms with Gasteiger partial charge in [-0.2, -0.15) is 0 Å². The van der Waals surface area contributed by atoms with Crippen LogP contribution in [-0.4, -0.2) is 24.2 Å². The van der Waals surface area contributed by atoms with Gasteiger partial charge in [-0.1, -0.05) is 48.5 Å². The van der Waals surface area contributed by atoms with E-state index in [4.69, 9.17) is 0 Å². The van der Waals surface area contributed by atoms with Gasteiger partial charge in [0.15, 0.2) is 0 Å². The molecule has 6 nitrogen and oxygen atoms in total. The van der Waals surface area contributed by atoms with Gasteiger partial charge < -0.3 is 10.1 Å².